The maximum atomic E-state index is 10.7. The molecule has 1 atom stereocenters. The largest absolute Gasteiger partial charge is 0.506 e. The number of thiazole rings is 1. The number of hydrogen-bond acceptors (Lipinski definition) is 7. The van der Waals surface area contributed by atoms with Gasteiger partial charge in [0.05, 0.1) is 16.8 Å². The standard InChI is InChI=1S/C13H13NO6S2/c15-12(16)19-7-3-6-10(20-13(17)18)22-11-14-8-4-1-2-5-9(8)21-11/h1-2,4-5,10H,3,6-7H2,(H,15,16)(H,17,18). The average molecular weight is 343 g/mol. The van der Waals surface area contributed by atoms with E-state index in [1.165, 1.54) is 23.1 Å². The quantitative estimate of drug-likeness (QED) is 0.337. The minimum absolute atomic E-state index is 0.00475. The van der Waals surface area contributed by atoms with Crippen LogP contribution in [0, 0.1) is 0 Å². The first kappa shape index (κ1) is 16.4. The number of thioether (sulfide) groups is 1. The van der Waals surface area contributed by atoms with Crippen molar-refractivity contribution in [2.75, 3.05) is 6.61 Å². The van der Waals surface area contributed by atoms with Gasteiger partial charge in [0.15, 0.2) is 9.78 Å². The Morgan fingerprint density at radius 1 is 1.27 bits per heavy atom. The summed E-state index contributed by atoms with van der Waals surface area (Å²) in [6.45, 7) is -0.00475. The summed E-state index contributed by atoms with van der Waals surface area (Å²) in [5.41, 5.74) is 0.189. The van der Waals surface area contributed by atoms with Gasteiger partial charge in [0.1, 0.15) is 0 Å². The molecule has 22 heavy (non-hydrogen) atoms. The molecule has 0 bridgehead atoms. The van der Waals surface area contributed by atoms with Crippen LogP contribution in [0.15, 0.2) is 28.6 Å². The second kappa shape index (κ2) is 7.85. The highest BCUT2D eigenvalue weighted by molar-refractivity contribution is 8.01. The van der Waals surface area contributed by atoms with E-state index in [1.54, 1.807) is 0 Å². The molecule has 0 spiro atoms. The van der Waals surface area contributed by atoms with E-state index in [2.05, 4.69) is 9.72 Å². The molecule has 0 saturated heterocycles. The van der Waals surface area contributed by atoms with Gasteiger partial charge in [0.2, 0.25) is 0 Å². The second-order valence-electron chi connectivity index (χ2n) is 4.14. The van der Waals surface area contributed by atoms with Crippen LogP contribution in [0.4, 0.5) is 9.59 Å². The lowest BCUT2D eigenvalue weighted by atomic mass is 10.3. The van der Waals surface area contributed by atoms with Gasteiger partial charge in [0.25, 0.3) is 0 Å². The maximum Gasteiger partial charge on any atom is 0.506 e. The van der Waals surface area contributed by atoms with E-state index in [0.29, 0.717) is 17.2 Å². The molecule has 0 fully saturated rings. The van der Waals surface area contributed by atoms with Crippen molar-refractivity contribution in [1.82, 2.24) is 4.98 Å². The van der Waals surface area contributed by atoms with Gasteiger partial charge < -0.3 is 19.7 Å². The minimum atomic E-state index is -1.38. The van der Waals surface area contributed by atoms with Gasteiger partial charge in [-0.3, -0.25) is 0 Å². The molecule has 0 aliphatic carbocycles. The molecule has 0 saturated carbocycles. The summed E-state index contributed by atoms with van der Waals surface area (Å²) >= 11 is 2.65. The van der Waals surface area contributed by atoms with E-state index in [1.807, 2.05) is 24.3 Å². The van der Waals surface area contributed by atoms with E-state index in [0.717, 1.165) is 10.2 Å². The number of ether oxygens (including phenoxy) is 2. The average Bonchev–Trinajstić information content (AvgIpc) is 2.84. The number of carboxylic acid groups (broad SMARTS) is 2. The molecule has 0 aliphatic heterocycles. The summed E-state index contributed by atoms with van der Waals surface area (Å²) in [5.74, 6) is 0. The number of fused-ring (bicyclic) bond motifs is 1. The normalized spacial score (nSPS) is 12.0. The van der Waals surface area contributed by atoms with Gasteiger partial charge in [-0.2, -0.15) is 0 Å². The van der Waals surface area contributed by atoms with E-state index in [4.69, 9.17) is 14.9 Å². The molecule has 2 rings (SSSR count). The van der Waals surface area contributed by atoms with Crippen molar-refractivity contribution in [3.8, 4) is 0 Å². The minimum Gasteiger partial charge on any atom is -0.450 e. The Bertz CT molecular complexity index is 626. The number of aromatic nitrogens is 1. The predicted octanol–water partition coefficient (Wildman–Crippen LogP) is 3.88. The van der Waals surface area contributed by atoms with Crippen molar-refractivity contribution in [1.29, 1.82) is 0 Å². The lowest BCUT2D eigenvalue weighted by Gasteiger charge is -2.13. The SMILES string of the molecule is O=C(O)OCCCC(OC(=O)O)Sc1nc2ccccc2s1. The number of para-hydroxylation sites is 1. The van der Waals surface area contributed by atoms with Crippen LogP contribution in [0.1, 0.15) is 12.8 Å². The molecule has 118 valence electrons. The zero-order valence-corrected chi connectivity index (χ0v) is 12.9. The molecule has 0 aliphatic rings. The number of nitrogens with zero attached hydrogens (tertiary/aromatic N) is 1. The van der Waals surface area contributed by atoms with E-state index >= 15 is 0 Å². The highest BCUT2D eigenvalue weighted by Gasteiger charge is 2.18. The van der Waals surface area contributed by atoms with Crippen LogP contribution in [-0.2, 0) is 9.47 Å². The second-order valence-corrected chi connectivity index (χ2v) is 6.57. The smallest absolute Gasteiger partial charge is 0.450 e. The summed E-state index contributed by atoms with van der Waals surface area (Å²) < 4.78 is 10.9. The zero-order chi connectivity index (χ0) is 15.9. The molecule has 0 amide bonds. The fourth-order valence-electron chi connectivity index (χ4n) is 1.68. The van der Waals surface area contributed by atoms with Gasteiger partial charge in [0, 0.05) is 0 Å². The number of benzene rings is 1. The third kappa shape index (κ3) is 5.08. The molecule has 1 aromatic carbocycles. The molecule has 2 aromatic rings. The van der Waals surface area contributed by atoms with Crippen molar-refractivity contribution in [3.63, 3.8) is 0 Å². The third-order valence-corrected chi connectivity index (χ3v) is 4.81. The number of hydrogen-bond donors (Lipinski definition) is 2. The highest BCUT2D eigenvalue weighted by Crippen LogP contribution is 2.33. The van der Waals surface area contributed by atoms with Gasteiger partial charge in [-0.05, 0) is 25.0 Å². The van der Waals surface area contributed by atoms with Crippen molar-refractivity contribution < 1.29 is 29.3 Å². The molecule has 1 unspecified atom stereocenters. The molecule has 1 heterocycles. The monoisotopic (exact) mass is 343 g/mol. The summed E-state index contributed by atoms with van der Waals surface area (Å²) in [6.07, 6.45) is -2.03. The van der Waals surface area contributed by atoms with Crippen LogP contribution in [-0.4, -0.2) is 39.6 Å². The van der Waals surface area contributed by atoms with Gasteiger partial charge in [-0.25, -0.2) is 14.6 Å². The topological polar surface area (TPSA) is 106 Å². The predicted molar refractivity (Wildman–Crippen MR) is 81.6 cm³/mol. The zero-order valence-electron chi connectivity index (χ0n) is 11.3. The maximum absolute atomic E-state index is 10.7. The molecular weight excluding hydrogens is 330 g/mol. The van der Waals surface area contributed by atoms with Crippen molar-refractivity contribution >= 4 is 45.6 Å². The van der Waals surface area contributed by atoms with Gasteiger partial charge in [-0.15, -0.1) is 11.3 Å². The fourth-order valence-corrected chi connectivity index (χ4v) is 3.95. The summed E-state index contributed by atoms with van der Waals surface area (Å²) in [6, 6.07) is 7.60. The lowest BCUT2D eigenvalue weighted by Crippen LogP contribution is -2.14. The molecule has 0 radical (unpaired) electrons. The van der Waals surface area contributed by atoms with Crippen LogP contribution in [0.25, 0.3) is 10.2 Å². The molecular formula is C13H13NO6S2. The van der Waals surface area contributed by atoms with Gasteiger partial charge >= 0.3 is 12.3 Å². The van der Waals surface area contributed by atoms with Crippen molar-refractivity contribution in [3.05, 3.63) is 24.3 Å². The first-order chi connectivity index (χ1) is 10.5. The van der Waals surface area contributed by atoms with E-state index in [-0.39, 0.29) is 6.61 Å². The van der Waals surface area contributed by atoms with Crippen LogP contribution in [0.2, 0.25) is 0 Å². The van der Waals surface area contributed by atoms with Crippen LogP contribution in [0.5, 0.6) is 0 Å². The fraction of sp³-hybridized carbons (Fsp3) is 0.308. The van der Waals surface area contributed by atoms with Crippen molar-refractivity contribution in [2.45, 2.75) is 22.6 Å². The molecule has 9 heteroatoms. The molecule has 1 aromatic heterocycles. The van der Waals surface area contributed by atoms with E-state index in [9.17, 15) is 9.59 Å². The summed E-state index contributed by atoms with van der Waals surface area (Å²) in [5, 5.41) is 17.1. The Morgan fingerprint density at radius 3 is 2.73 bits per heavy atom. The first-order valence-corrected chi connectivity index (χ1v) is 8.02. The van der Waals surface area contributed by atoms with Crippen LogP contribution < -0.4 is 0 Å². The Labute approximate surface area is 133 Å². The lowest BCUT2D eigenvalue weighted by molar-refractivity contribution is 0.0691. The van der Waals surface area contributed by atoms with Crippen LogP contribution in [0.3, 0.4) is 0 Å². The first-order valence-electron chi connectivity index (χ1n) is 6.32. The van der Waals surface area contributed by atoms with Gasteiger partial charge in [-0.1, -0.05) is 23.9 Å². The summed E-state index contributed by atoms with van der Waals surface area (Å²) in [4.78, 5) is 25.4. The van der Waals surface area contributed by atoms with Crippen LogP contribution >= 0.6 is 23.1 Å². The summed E-state index contributed by atoms with van der Waals surface area (Å²) in [7, 11) is 0. The number of rotatable bonds is 7. The Hall–Kier alpha value is -2.00. The molecule has 2 N–H and O–H groups in total. The third-order valence-electron chi connectivity index (χ3n) is 2.55. The van der Waals surface area contributed by atoms with E-state index < -0.39 is 17.7 Å². The molecule has 7 nitrogen and oxygen atoms in total. The Morgan fingerprint density at radius 2 is 2.05 bits per heavy atom. The Kier molecular flexibility index (Phi) is 5.84. The highest BCUT2D eigenvalue weighted by atomic mass is 32.2. The number of carbonyl (C=O) groups is 2. The van der Waals surface area contributed by atoms with Crippen molar-refractivity contribution in [2.24, 2.45) is 0 Å². The Balaban J connectivity index is 1.95.